The van der Waals surface area contributed by atoms with Gasteiger partial charge in [0.25, 0.3) is 0 Å². The van der Waals surface area contributed by atoms with Gasteiger partial charge in [0.1, 0.15) is 5.60 Å². The van der Waals surface area contributed by atoms with Crippen LogP contribution in [0, 0.1) is 6.92 Å². The lowest BCUT2D eigenvalue weighted by molar-refractivity contribution is -0.120. The molecule has 0 aliphatic heterocycles. The molecule has 32 heavy (non-hydrogen) atoms. The summed E-state index contributed by atoms with van der Waals surface area (Å²) >= 11 is 0. The summed E-state index contributed by atoms with van der Waals surface area (Å²) in [6, 6.07) is 14.6. The van der Waals surface area contributed by atoms with Crippen molar-refractivity contribution in [2.75, 3.05) is 12.4 Å². The molecule has 7 heteroatoms. The number of benzene rings is 2. The van der Waals surface area contributed by atoms with Crippen molar-refractivity contribution < 1.29 is 19.1 Å². The standard InChI is InChI=1S/C25H33N3O4/c1-17-10-12-20(13-11-17)22(26-18(2)29)15-23(30)27-21-9-7-8-19(14-21)16-28(6)24(31)32-25(3,4)5/h7-14,22H,15-16H2,1-6H3,(H,26,29)(H,27,30). The predicted molar refractivity (Wildman–Crippen MR) is 125 cm³/mol. The van der Waals surface area contributed by atoms with Crippen molar-refractivity contribution in [3.63, 3.8) is 0 Å². The first-order valence-corrected chi connectivity index (χ1v) is 10.6. The summed E-state index contributed by atoms with van der Waals surface area (Å²) in [6.45, 7) is 9.22. The Morgan fingerprint density at radius 3 is 2.31 bits per heavy atom. The van der Waals surface area contributed by atoms with Crippen molar-refractivity contribution >= 4 is 23.6 Å². The fourth-order valence-electron chi connectivity index (χ4n) is 3.12. The highest BCUT2D eigenvalue weighted by molar-refractivity contribution is 5.91. The molecular formula is C25H33N3O4. The van der Waals surface area contributed by atoms with Gasteiger partial charge in [-0.1, -0.05) is 42.0 Å². The molecule has 2 rings (SSSR count). The molecule has 172 valence electrons. The minimum absolute atomic E-state index is 0.102. The quantitative estimate of drug-likeness (QED) is 0.662. The minimum Gasteiger partial charge on any atom is -0.444 e. The molecule has 0 aromatic heterocycles. The summed E-state index contributed by atoms with van der Waals surface area (Å²) in [5, 5.41) is 5.73. The van der Waals surface area contributed by atoms with Crippen molar-refractivity contribution in [2.24, 2.45) is 0 Å². The van der Waals surface area contributed by atoms with Crippen molar-refractivity contribution in [3.05, 3.63) is 65.2 Å². The third-order valence-electron chi connectivity index (χ3n) is 4.58. The number of rotatable bonds is 7. The van der Waals surface area contributed by atoms with E-state index in [0.29, 0.717) is 12.2 Å². The minimum atomic E-state index is -0.566. The van der Waals surface area contributed by atoms with Crippen LogP contribution in [0.3, 0.4) is 0 Å². The summed E-state index contributed by atoms with van der Waals surface area (Å²) in [5.41, 5.74) is 2.88. The van der Waals surface area contributed by atoms with Gasteiger partial charge in [-0.05, 0) is 51.0 Å². The molecule has 2 aromatic carbocycles. The molecule has 0 aliphatic carbocycles. The van der Waals surface area contributed by atoms with E-state index in [2.05, 4.69) is 10.6 Å². The van der Waals surface area contributed by atoms with Crippen molar-refractivity contribution in [1.82, 2.24) is 10.2 Å². The number of ether oxygens (including phenoxy) is 1. The van der Waals surface area contributed by atoms with Gasteiger partial charge in [0.2, 0.25) is 11.8 Å². The van der Waals surface area contributed by atoms with E-state index in [0.717, 1.165) is 16.7 Å². The maximum Gasteiger partial charge on any atom is 0.410 e. The van der Waals surface area contributed by atoms with E-state index in [4.69, 9.17) is 4.74 Å². The van der Waals surface area contributed by atoms with Crippen molar-refractivity contribution in [1.29, 1.82) is 0 Å². The second-order valence-electron chi connectivity index (χ2n) is 8.95. The van der Waals surface area contributed by atoms with E-state index < -0.39 is 17.7 Å². The van der Waals surface area contributed by atoms with Crippen LogP contribution in [0.4, 0.5) is 10.5 Å². The van der Waals surface area contributed by atoms with E-state index in [1.165, 1.54) is 11.8 Å². The Balaban J connectivity index is 2.03. The Morgan fingerprint density at radius 2 is 1.72 bits per heavy atom. The molecule has 0 radical (unpaired) electrons. The number of anilines is 1. The lowest BCUT2D eigenvalue weighted by Gasteiger charge is -2.24. The van der Waals surface area contributed by atoms with Gasteiger partial charge in [-0.3, -0.25) is 9.59 Å². The van der Waals surface area contributed by atoms with Gasteiger partial charge in [0.15, 0.2) is 0 Å². The molecule has 0 spiro atoms. The SMILES string of the molecule is CC(=O)NC(CC(=O)Nc1cccc(CN(C)C(=O)OC(C)(C)C)c1)c1ccc(C)cc1. The molecule has 2 aromatic rings. The molecule has 0 saturated heterocycles. The van der Waals surface area contributed by atoms with Crippen LogP contribution in [0.5, 0.6) is 0 Å². The molecule has 0 aliphatic rings. The average molecular weight is 440 g/mol. The van der Waals surface area contributed by atoms with Crippen LogP contribution in [0.25, 0.3) is 0 Å². The zero-order valence-electron chi connectivity index (χ0n) is 19.7. The maximum absolute atomic E-state index is 12.7. The topological polar surface area (TPSA) is 87.7 Å². The fraction of sp³-hybridized carbons (Fsp3) is 0.400. The number of amides is 3. The molecule has 1 atom stereocenters. The van der Waals surface area contributed by atoms with Gasteiger partial charge in [-0.2, -0.15) is 0 Å². The van der Waals surface area contributed by atoms with Gasteiger partial charge < -0.3 is 20.3 Å². The Hall–Kier alpha value is -3.35. The molecule has 0 saturated carbocycles. The van der Waals surface area contributed by atoms with Crippen molar-refractivity contribution in [2.45, 2.75) is 59.2 Å². The zero-order chi connectivity index (χ0) is 23.9. The van der Waals surface area contributed by atoms with Gasteiger partial charge >= 0.3 is 6.09 Å². The summed E-state index contributed by atoms with van der Waals surface area (Å²) in [5.74, 6) is -0.419. The molecule has 0 fully saturated rings. The molecule has 3 amide bonds. The highest BCUT2D eigenvalue weighted by Gasteiger charge is 2.20. The summed E-state index contributed by atoms with van der Waals surface area (Å²) in [7, 11) is 1.67. The smallest absolute Gasteiger partial charge is 0.410 e. The third kappa shape index (κ3) is 8.41. The lowest BCUT2D eigenvalue weighted by atomic mass is 10.0. The monoisotopic (exact) mass is 439 g/mol. The summed E-state index contributed by atoms with van der Waals surface area (Å²) in [6.07, 6.45) is -0.312. The molecule has 0 heterocycles. The fourth-order valence-corrected chi connectivity index (χ4v) is 3.12. The first-order valence-electron chi connectivity index (χ1n) is 10.6. The van der Waals surface area contributed by atoms with E-state index in [1.807, 2.05) is 70.2 Å². The Morgan fingerprint density at radius 1 is 1.06 bits per heavy atom. The lowest BCUT2D eigenvalue weighted by Crippen LogP contribution is -2.33. The first kappa shape index (κ1) is 24.9. The second-order valence-corrected chi connectivity index (χ2v) is 8.95. The normalized spacial score (nSPS) is 11.9. The Labute approximate surface area is 190 Å². The number of hydrogen-bond donors (Lipinski definition) is 2. The molecule has 2 N–H and O–H groups in total. The number of carbonyl (C=O) groups is 3. The number of nitrogens with one attached hydrogen (secondary N) is 2. The van der Waals surface area contributed by atoms with Crippen LogP contribution >= 0.6 is 0 Å². The highest BCUT2D eigenvalue weighted by atomic mass is 16.6. The molecule has 1 unspecified atom stereocenters. The van der Waals surface area contributed by atoms with Crippen LogP contribution in [0.1, 0.15) is 56.8 Å². The van der Waals surface area contributed by atoms with Gasteiger partial charge in [0.05, 0.1) is 12.5 Å². The zero-order valence-corrected chi connectivity index (χ0v) is 19.7. The summed E-state index contributed by atoms with van der Waals surface area (Å²) in [4.78, 5) is 38.0. The van der Waals surface area contributed by atoms with Crippen LogP contribution in [0.2, 0.25) is 0 Å². The molecule has 0 bridgehead atoms. The average Bonchev–Trinajstić information content (AvgIpc) is 2.66. The van der Waals surface area contributed by atoms with Gasteiger partial charge in [-0.25, -0.2) is 4.79 Å². The van der Waals surface area contributed by atoms with Crippen molar-refractivity contribution in [3.8, 4) is 0 Å². The molecular weight excluding hydrogens is 406 g/mol. The first-order chi connectivity index (χ1) is 14.9. The van der Waals surface area contributed by atoms with E-state index in [9.17, 15) is 14.4 Å². The van der Waals surface area contributed by atoms with Gasteiger partial charge in [0, 0.05) is 26.2 Å². The van der Waals surface area contributed by atoms with E-state index >= 15 is 0 Å². The second kappa shape index (κ2) is 10.8. The Kier molecular flexibility index (Phi) is 8.41. The Bertz CT molecular complexity index is 948. The van der Waals surface area contributed by atoms with E-state index in [1.54, 1.807) is 13.1 Å². The summed E-state index contributed by atoms with van der Waals surface area (Å²) < 4.78 is 5.37. The van der Waals surface area contributed by atoms with Crippen LogP contribution in [0.15, 0.2) is 48.5 Å². The molecule has 7 nitrogen and oxygen atoms in total. The predicted octanol–water partition coefficient (Wildman–Crippen LogP) is 4.57. The van der Waals surface area contributed by atoms with E-state index in [-0.39, 0.29) is 18.2 Å². The maximum atomic E-state index is 12.7. The number of nitrogens with zero attached hydrogens (tertiary/aromatic N) is 1. The van der Waals surface area contributed by atoms with Gasteiger partial charge in [-0.15, -0.1) is 0 Å². The van der Waals surface area contributed by atoms with Crippen LogP contribution < -0.4 is 10.6 Å². The number of aryl methyl sites for hydroxylation is 1. The highest BCUT2D eigenvalue weighted by Crippen LogP contribution is 2.20. The van der Waals surface area contributed by atoms with Crippen LogP contribution in [-0.4, -0.2) is 35.5 Å². The number of hydrogen-bond acceptors (Lipinski definition) is 4. The largest absolute Gasteiger partial charge is 0.444 e. The third-order valence-corrected chi connectivity index (χ3v) is 4.58. The van der Waals surface area contributed by atoms with Crippen LogP contribution in [-0.2, 0) is 20.9 Å². The number of carbonyl (C=O) groups excluding carboxylic acids is 3.